The van der Waals surface area contributed by atoms with Gasteiger partial charge in [-0.25, -0.2) is 4.98 Å². The number of imidazole rings is 1. The van der Waals surface area contributed by atoms with E-state index in [1.165, 1.54) is 18.7 Å². The van der Waals surface area contributed by atoms with Crippen LogP contribution in [0.25, 0.3) is 0 Å². The quantitative estimate of drug-likeness (QED) is 0.794. The average Bonchev–Trinajstić information content (AvgIpc) is 2.58. The van der Waals surface area contributed by atoms with E-state index < -0.39 is 0 Å². The molecule has 1 atom stereocenters. The summed E-state index contributed by atoms with van der Waals surface area (Å²) in [5, 5.41) is 0. The Kier molecular flexibility index (Phi) is 2.19. The van der Waals surface area contributed by atoms with Crippen LogP contribution in [0, 0.1) is 0 Å². The largest absolute Gasteiger partial charge is 0.336 e. The molecule has 12 heavy (non-hydrogen) atoms. The molecule has 3 nitrogen and oxygen atoms in total. The molecule has 2 rings (SSSR count). The topological polar surface area (TPSA) is 31.9 Å². The number of aromatic nitrogens is 2. The van der Waals surface area contributed by atoms with Crippen LogP contribution in [0.3, 0.4) is 0 Å². The highest BCUT2D eigenvalue weighted by Crippen LogP contribution is 2.25. The van der Waals surface area contributed by atoms with Crippen molar-refractivity contribution in [2.24, 2.45) is 0 Å². The van der Waals surface area contributed by atoms with Crippen molar-refractivity contribution in [3.63, 3.8) is 0 Å². The van der Waals surface area contributed by atoms with Gasteiger partial charge in [-0.1, -0.05) is 0 Å². The Bertz CT molecular complexity index is 271. The number of nitrogens with one attached hydrogen (secondary N) is 1. The lowest BCUT2D eigenvalue weighted by Crippen LogP contribution is -2.13. The lowest BCUT2D eigenvalue weighted by molar-refractivity contribution is 0.411. The van der Waals surface area contributed by atoms with E-state index in [9.17, 15) is 0 Å². The molecule has 0 saturated carbocycles. The second-order valence-electron chi connectivity index (χ2n) is 3.38. The summed E-state index contributed by atoms with van der Waals surface area (Å²) < 4.78 is 0.840. The summed E-state index contributed by atoms with van der Waals surface area (Å²) in [4.78, 5) is 9.69. The van der Waals surface area contributed by atoms with E-state index in [0.29, 0.717) is 5.92 Å². The molecule has 1 aliphatic heterocycles. The standard InChI is InChI=1S/C8H12BrN3/c1-12-3-2-6(5-12)7-4-10-8(9)11-7/h4,6H,2-3,5H2,1H3,(H,10,11). The number of H-pyrrole nitrogens is 1. The maximum Gasteiger partial charge on any atom is 0.174 e. The zero-order valence-corrected chi connectivity index (χ0v) is 8.63. The molecule has 0 amide bonds. The number of likely N-dealkylation sites (tertiary alicyclic amines) is 1. The Hall–Kier alpha value is -0.350. The maximum absolute atomic E-state index is 4.13. The number of aromatic amines is 1. The summed E-state index contributed by atoms with van der Waals surface area (Å²) in [6.07, 6.45) is 3.17. The Balaban J connectivity index is 2.11. The van der Waals surface area contributed by atoms with E-state index in [1.54, 1.807) is 0 Å². The number of likely N-dealkylation sites (N-methyl/N-ethyl adjacent to an activating group) is 1. The van der Waals surface area contributed by atoms with Gasteiger partial charge in [-0.2, -0.15) is 0 Å². The van der Waals surface area contributed by atoms with Crippen molar-refractivity contribution in [3.8, 4) is 0 Å². The summed E-state index contributed by atoms with van der Waals surface area (Å²) in [5.41, 5.74) is 1.26. The number of halogens is 1. The Morgan fingerprint density at radius 2 is 2.58 bits per heavy atom. The first-order valence-corrected chi connectivity index (χ1v) is 4.94. The van der Waals surface area contributed by atoms with Crippen molar-refractivity contribution in [2.75, 3.05) is 20.1 Å². The third-order valence-electron chi connectivity index (χ3n) is 2.40. The molecule has 4 heteroatoms. The molecular weight excluding hydrogens is 218 g/mol. The Morgan fingerprint density at radius 1 is 1.75 bits per heavy atom. The minimum Gasteiger partial charge on any atom is -0.336 e. The van der Waals surface area contributed by atoms with Crippen LogP contribution in [0.1, 0.15) is 18.0 Å². The van der Waals surface area contributed by atoms with E-state index >= 15 is 0 Å². The van der Waals surface area contributed by atoms with Crippen molar-refractivity contribution in [1.29, 1.82) is 0 Å². The molecule has 66 valence electrons. The summed E-state index contributed by atoms with van der Waals surface area (Å²) in [6, 6.07) is 0. The molecular formula is C8H12BrN3. The Labute approximate surface area is 80.3 Å². The molecule has 0 bridgehead atoms. The van der Waals surface area contributed by atoms with Crippen molar-refractivity contribution in [1.82, 2.24) is 14.9 Å². The van der Waals surface area contributed by atoms with Gasteiger partial charge < -0.3 is 9.88 Å². The fraction of sp³-hybridized carbons (Fsp3) is 0.625. The molecule has 1 unspecified atom stereocenters. The van der Waals surface area contributed by atoms with E-state index in [-0.39, 0.29) is 0 Å². The summed E-state index contributed by atoms with van der Waals surface area (Å²) >= 11 is 3.31. The fourth-order valence-electron chi connectivity index (χ4n) is 1.71. The predicted octanol–water partition coefficient (Wildman–Crippen LogP) is 1.59. The van der Waals surface area contributed by atoms with Crippen LogP contribution in [-0.4, -0.2) is 35.0 Å². The van der Waals surface area contributed by atoms with E-state index in [4.69, 9.17) is 0 Å². The van der Waals surface area contributed by atoms with E-state index in [1.807, 2.05) is 6.20 Å². The molecule has 1 saturated heterocycles. The normalized spacial score (nSPS) is 25.0. The summed E-state index contributed by atoms with van der Waals surface area (Å²) in [5.74, 6) is 0.647. The average molecular weight is 230 g/mol. The third kappa shape index (κ3) is 1.54. The van der Waals surface area contributed by atoms with Gasteiger partial charge in [0.1, 0.15) is 0 Å². The first kappa shape index (κ1) is 8.26. The van der Waals surface area contributed by atoms with Gasteiger partial charge in [0.05, 0.1) is 0 Å². The molecule has 1 fully saturated rings. The molecule has 0 aromatic carbocycles. The van der Waals surface area contributed by atoms with Crippen molar-refractivity contribution in [2.45, 2.75) is 12.3 Å². The zero-order valence-electron chi connectivity index (χ0n) is 7.05. The second kappa shape index (κ2) is 3.18. The monoisotopic (exact) mass is 229 g/mol. The molecule has 1 aliphatic rings. The molecule has 0 radical (unpaired) electrons. The lowest BCUT2D eigenvalue weighted by atomic mass is 10.1. The molecule has 1 N–H and O–H groups in total. The van der Waals surface area contributed by atoms with Crippen LogP contribution in [0.15, 0.2) is 10.9 Å². The molecule has 0 aliphatic carbocycles. The molecule has 1 aromatic heterocycles. The smallest absolute Gasteiger partial charge is 0.174 e. The first-order valence-electron chi connectivity index (χ1n) is 4.14. The molecule has 0 spiro atoms. The van der Waals surface area contributed by atoms with Crippen molar-refractivity contribution in [3.05, 3.63) is 16.6 Å². The van der Waals surface area contributed by atoms with Gasteiger partial charge in [0.25, 0.3) is 0 Å². The number of rotatable bonds is 1. The van der Waals surface area contributed by atoms with Gasteiger partial charge in [0.2, 0.25) is 0 Å². The first-order chi connectivity index (χ1) is 5.75. The van der Waals surface area contributed by atoms with Crippen LogP contribution in [0.2, 0.25) is 0 Å². The van der Waals surface area contributed by atoms with Crippen LogP contribution in [-0.2, 0) is 0 Å². The van der Waals surface area contributed by atoms with E-state index in [0.717, 1.165) is 11.3 Å². The van der Waals surface area contributed by atoms with Crippen molar-refractivity contribution >= 4 is 15.9 Å². The van der Waals surface area contributed by atoms with Gasteiger partial charge in [0, 0.05) is 24.4 Å². The lowest BCUT2D eigenvalue weighted by Gasteiger charge is -2.07. The van der Waals surface area contributed by atoms with Gasteiger partial charge in [0.15, 0.2) is 4.73 Å². The minimum atomic E-state index is 0.647. The highest BCUT2D eigenvalue weighted by Gasteiger charge is 2.22. The Morgan fingerprint density at radius 3 is 3.08 bits per heavy atom. The predicted molar refractivity (Wildman–Crippen MR) is 51.1 cm³/mol. The summed E-state index contributed by atoms with van der Waals surface area (Å²) in [6.45, 7) is 2.34. The fourth-order valence-corrected chi connectivity index (χ4v) is 2.04. The summed E-state index contributed by atoms with van der Waals surface area (Å²) in [7, 11) is 2.16. The highest BCUT2D eigenvalue weighted by molar-refractivity contribution is 9.10. The van der Waals surface area contributed by atoms with Gasteiger partial charge in [-0.3, -0.25) is 0 Å². The third-order valence-corrected chi connectivity index (χ3v) is 2.80. The minimum absolute atomic E-state index is 0.647. The van der Waals surface area contributed by atoms with Crippen molar-refractivity contribution < 1.29 is 0 Å². The van der Waals surface area contributed by atoms with Gasteiger partial charge in [-0.05, 0) is 35.9 Å². The van der Waals surface area contributed by atoms with E-state index in [2.05, 4.69) is 37.8 Å². The SMILES string of the molecule is CN1CCC(c2cnc(Br)[nH]2)C1. The van der Waals surface area contributed by atoms with Crippen LogP contribution in [0.4, 0.5) is 0 Å². The zero-order chi connectivity index (χ0) is 8.55. The highest BCUT2D eigenvalue weighted by atomic mass is 79.9. The second-order valence-corrected chi connectivity index (χ2v) is 4.13. The number of hydrogen-bond donors (Lipinski definition) is 1. The van der Waals surface area contributed by atoms with Crippen LogP contribution < -0.4 is 0 Å². The van der Waals surface area contributed by atoms with Crippen LogP contribution in [0.5, 0.6) is 0 Å². The van der Waals surface area contributed by atoms with Gasteiger partial charge >= 0.3 is 0 Å². The number of hydrogen-bond acceptors (Lipinski definition) is 2. The molecule has 1 aromatic rings. The number of nitrogens with zero attached hydrogens (tertiary/aromatic N) is 2. The van der Waals surface area contributed by atoms with Gasteiger partial charge in [-0.15, -0.1) is 0 Å². The van der Waals surface area contributed by atoms with Crippen LogP contribution >= 0.6 is 15.9 Å². The maximum atomic E-state index is 4.13. The molecule has 2 heterocycles.